The van der Waals surface area contributed by atoms with Crippen molar-refractivity contribution in [1.29, 1.82) is 0 Å². The standard InChI is InChI=1S/C18H25NO5S/c1-2-11-25(23,24)13-17(20)19-9-7-14(8-10-19)12-15-5-3-4-6-16(15)18(21)22/h3-6,14H,2,7-13H2,1H3,(H,21,22). The zero-order valence-corrected chi connectivity index (χ0v) is 15.3. The molecule has 1 saturated heterocycles. The Morgan fingerprint density at radius 1 is 1.20 bits per heavy atom. The molecule has 1 aromatic rings. The van der Waals surface area contributed by atoms with E-state index in [0.717, 1.165) is 18.4 Å². The highest BCUT2D eigenvalue weighted by Crippen LogP contribution is 2.23. The Hall–Kier alpha value is -1.89. The molecular weight excluding hydrogens is 342 g/mol. The number of carboxylic acid groups (broad SMARTS) is 1. The van der Waals surface area contributed by atoms with Crippen molar-refractivity contribution in [3.8, 4) is 0 Å². The average molecular weight is 367 g/mol. The van der Waals surface area contributed by atoms with Gasteiger partial charge in [-0.05, 0) is 43.2 Å². The first-order chi connectivity index (χ1) is 11.8. The largest absolute Gasteiger partial charge is 0.478 e. The number of hydrogen-bond donors (Lipinski definition) is 1. The summed E-state index contributed by atoms with van der Waals surface area (Å²) in [5, 5.41) is 9.25. The summed E-state index contributed by atoms with van der Waals surface area (Å²) in [6, 6.07) is 6.98. The normalized spacial score (nSPS) is 16.0. The van der Waals surface area contributed by atoms with Crippen molar-refractivity contribution in [3.63, 3.8) is 0 Å². The molecule has 2 rings (SSSR count). The summed E-state index contributed by atoms with van der Waals surface area (Å²) in [4.78, 5) is 25.1. The molecule has 1 fully saturated rings. The summed E-state index contributed by atoms with van der Waals surface area (Å²) in [7, 11) is -3.31. The van der Waals surface area contributed by atoms with Crippen LogP contribution in [-0.4, -0.2) is 54.9 Å². The van der Waals surface area contributed by atoms with Crippen LogP contribution in [0.3, 0.4) is 0 Å². The zero-order chi connectivity index (χ0) is 18.4. The van der Waals surface area contributed by atoms with Crippen LogP contribution in [0.4, 0.5) is 0 Å². The van der Waals surface area contributed by atoms with Crippen LogP contribution in [0.2, 0.25) is 0 Å². The molecule has 0 radical (unpaired) electrons. The fourth-order valence-electron chi connectivity index (χ4n) is 3.27. The van der Waals surface area contributed by atoms with E-state index < -0.39 is 21.6 Å². The molecule has 0 unspecified atom stereocenters. The Kier molecular flexibility index (Phi) is 6.58. The van der Waals surface area contributed by atoms with Gasteiger partial charge in [0.25, 0.3) is 0 Å². The molecule has 1 aliphatic heterocycles. The van der Waals surface area contributed by atoms with Gasteiger partial charge >= 0.3 is 5.97 Å². The topological polar surface area (TPSA) is 91.8 Å². The molecule has 0 saturated carbocycles. The Bertz CT molecular complexity index is 721. The Labute approximate surface area is 148 Å². The van der Waals surface area contributed by atoms with E-state index in [0.29, 0.717) is 37.4 Å². The number of benzene rings is 1. The number of sulfone groups is 1. The fraction of sp³-hybridized carbons (Fsp3) is 0.556. The Morgan fingerprint density at radius 2 is 1.84 bits per heavy atom. The second-order valence-electron chi connectivity index (χ2n) is 6.58. The van der Waals surface area contributed by atoms with Crippen molar-refractivity contribution < 1.29 is 23.1 Å². The predicted octanol–water partition coefficient (Wildman–Crippen LogP) is 1.99. The van der Waals surface area contributed by atoms with E-state index in [1.54, 1.807) is 24.0 Å². The van der Waals surface area contributed by atoms with Gasteiger partial charge in [-0.15, -0.1) is 0 Å². The lowest BCUT2D eigenvalue weighted by atomic mass is 9.88. The minimum Gasteiger partial charge on any atom is -0.478 e. The number of amides is 1. The monoisotopic (exact) mass is 367 g/mol. The van der Waals surface area contributed by atoms with Crippen molar-refractivity contribution in [2.75, 3.05) is 24.6 Å². The number of rotatable bonds is 7. The molecule has 0 aromatic heterocycles. The average Bonchev–Trinajstić information content (AvgIpc) is 2.55. The van der Waals surface area contributed by atoms with Crippen LogP contribution in [0.15, 0.2) is 24.3 Å². The van der Waals surface area contributed by atoms with Gasteiger partial charge in [0, 0.05) is 13.1 Å². The van der Waals surface area contributed by atoms with Crippen molar-refractivity contribution in [2.45, 2.75) is 32.6 Å². The first-order valence-electron chi connectivity index (χ1n) is 8.61. The molecule has 0 atom stereocenters. The SMILES string of the molecule is CCCS(=O)(=O)CC(=O)N1CCC(Cc2ccccc2C(=O)O)CC1. The smallest absolute Gasteiger partial charge is 0.335 e. The van der Waals surface area contributed by atoms with Gasteiger partial charge in [-0.25, -0.2) is 13.2 Å². The second-order valence-corrected chi connectivity index (χ2v) is 8.77. The highest BCUT2D eigenvalue weighted by atomic mass is 32.2. The van der Waals surface area contributed by atoms with Gasteiger partial charge in [0.2, 0.25) is 5.91 Å². The van der Waals surface area contributed by atoms with Crippen LogP contribution in [0.1, 0.15) is 42.1 Å². The third-order valence-electron chi connectivity index (χ3n) is 4.58. The molecule has 25 heavy (non-hydrogen) atoms. The summed E-state index contributed by atoms with van der Waals surface area (Å²) in [6.45, 7) is 2.84. The lowest BCUT2D eigenvalue weighted by Gasteiger charge is -2.32. The van der Waals surface area contributed by atoms with Gasteiger partial charge in [0.1, 0.15) is 5.75 Å². The minimum absolute atomic E-state index is 0.0428. The maximum absolute atomic E-state index is 12.2. The number of hydrogen-bond acceptors (Lipinski definition) is 4. The van der Waals surface area contributed by atoms with Gasteiger partial charge in [-0.3, -0.25) is 4.79 Å². The first-order valence-corrected chi connectivity index (χ1v) is 10.4. The van der Waals surface area contributed by atoms with E-state index in [1.165, 1.54) is 0 Å². The Balaban J connectivity index is 1.90. The van der Waals surface area contributed by atoms with Crippen molar-refractivity contribution in [2.24, 2.45) is 5.92 Å². The van der Waals surface area contributed by atoms with Gasteiger partial charge in [0.05, 0.1) is 11.3 Å². The molecule has 7 heteroatoms. The van der Waals surface area contributed by atoms with Crippen LogP contribution < -0.4 is 0 Å². The van der Waals surface area contributed by atoms with Crippen LogP contribution >= 0.6 is 0 Å². The first kappa shape index (κ1) is 19.4. The highest BCUT2D eigenvalue weighted by molar-refractivity contribution is 7.92. The molecule has 1 heterocycles. The maximum atomic E-state index is 12.2. The van der Waals surface area contributed by atoms with Crippen molar-refractivity contribution in [1.82, 2.24) is 4.90 Å². The summed E-state index contributed by atoms with van der Waals surface area (Å²) >= 11 is 0. The molecular formula is C18H25NO5S. The van der Waals surface area contributed by atoms with Crippen LogP contribution in [-0.2, 0) is 21.1 Å². The van der Waals surface area contributed by atoms with E-state index in [1.807, 2.05) is 12.1 Å². The predicted molar refractivity (Wildman–Crippen MR) is 95.4 cm³/mol. The lowest BCUT2D eigenvalue weighted by Crippen LogP contribution is -2.42. The quantitative estimate of drug-likeness (QED) is 0.796. The fourth-order valence-corrected chi connectivity index (χ4v) is 4.59. The molecule has 0 aliphatic carbocycles. The van der Waals surface area contributed by atoms with Gasteiger partial charge in [-0.2, -0.15) is 0 Å². The number of aromatic carboxylic acids is 1. The molecule has 1 amide bonds. The highest BCUT2D eigenvalue weighted by Gasteiger charge is 2.26. The summed E-state index contributed by atoms with van der Waals surface area (Å²) in [5.41, 5.74) is 1.14. The third kappa shape index (κ3) is 5.56. The van der Waals surface area contributed by atoms with Gasteiger partial charge in [-0.1, -0.05) is 25.1 Å². The summed E-state index contributed by atoms with van der Waals surface area (Å²) in [6.07, 6.45) is 2.69. The molecule has 1 aromatic carbocycles. The molecule has 0 spiro atoms. The minimum atomic E-state index is -3.31. The zero-order valence-electron chi connectivity index (χ0n) is 14.5. The maximum Gasteiger partial charge on any atom is 0.335 e. The van der Waals surface area contributed by atoms with E-state index in [-0.39, 0.29) is 11.7 Å². The number of piperidine rings is 1. The van der Waals surface area contributed by atoms with E-state index in [2.05, 4.69) is 0 Å². The Morgan fingerprint density at radius 3 is 2.44 bits per heavy atom. The number of carbonyl (C=O) groups is 2. The summed E-state index contributed by atoms with van der Waals surface area (Å²) < 4.78 is 23.6. The van der Waals surface area contributed by atoms with Crippen molar-refractivity contribution >= 4 is 21.7 Å². The van der Waals surface area contributed by atoms with E-state index >= 15 is 0 Å². The second kappa shape index (κ2) is 8.47. The van der Waals surface area contributed by atoms with Gasteiger partial charge in [0.15, 0.2) is 9.84 Å². The summed E-state index contributed by atoms with van der Waals surface area (Å²) in [5.74, 6) is -1.31. The van der Waals surface area contributed by atoms with Gasteiger partial charge < -0.3 is 10.0 Å². The molecule has 1 N–H and O–H groups in total. The van der Waals surface area contributed by atoms with Crippen LogP contribution in [0, 0.1) is 5.92 Å². The number of nitrogens with zero attached hydrogens (tertiary/aromatic N) is 1. The molecule has 0 bridgehead atoms. The van der Waals surface area contributed by atoms with Crippen LogP contribution in [0.25, 0.3) is 0 Å². The van der Waals surface area contributed by atoms with Crippen LogP contribution in [0.5, 0.6) is 0 Å². The number of likely N-dealkylation sites (tertiary alicyclic amines) is 1. The lowest BCUT2D eigenvalue weighted by molar-refractivity contribution is -0.129. The molecule has 138 valence electrons. The van der Waals surface area contributed by atoms with E-state index in [9.17, 15) is 23.1 Å². The molecule has 6 nitrogen and oxygen atoms in total. The molecule has 1 aliphatic rings. The number of carbonyl (C=O) groups excluding carboxylic acids is 1. The van der Waals surface area contributed by atoms with Crippen molar-refractivity contribution in [3.05, 3.63) is 35.4 Å². The van der Waals surface area contributed by atoms with E-state index in [4.69, 9.17) is 0 Å². The third-order valence-corrected chi connectivity index (χ3v) is 6.30. The number of carboxylic acids is 1.